The molecule has 72 valence electrons. The van der Waals surface area contributed by atoms with Crippen molar-refractivity contribution >= 4 is 0 Å². The summed E-state index contributed by atoms with van der Waals surface area (Å²) < 4.78 is 5.64. The lowest BCUT2D eigenvalue weighted by atomic mass is 9.91. The highest BCUT2D eigenvalue weighted by Gasteiger charge is 2.32. The molecule has 1 aliphatic heterocycles. The minimum atomic E-state index is 0.294. The number of hydrogen-bond donors (Lipinski definition) is 2. The zero-order valence-corrected chi connectivity index (χ0v) is 8.21. The van der Waals surface area contributed by atoms with Gasteiger partial charge in [0.2, 0.25) is 0 Å². The van der Waals surface area contributed by atoms with Crippen LogP contribution in [0, 0.1) is 11.8 Å². The largest absolute Gasteiger partial charge is 0.376 e. The van der Waals surface area contributed by atoms with Crippen LogP contribution in [0.1, 0.15) is 27.2 Å². The maximum atomic E-state index is 5.64. The van der Waals surface area contributed by atoms with Gasteiger partial charge in [-0.25, -0.2) is 0 Å². The lowest BCUT2D eigenvalue weighted by molar-refractivity contribution is 0.0462. The highest BCUT2D eigenvalue weighted by Crippen LogP contribution is 2.25. The maximum Gasteiger partial charge on any atom is 0.0770 e. The van der Waals surface area contributed by atoms with E-state index in [1.807, 2.05) is 0 Å². The van der Waals surface area contributed by atoms with Crippen molar-refractivity contribution in [3.8, 4) is 0 Å². The van der Waals surface area contributed by atoms with E-state index >= 15 is 0 Å². The minimum absolute atomic E-state index is 0.294. The van der Waals surface area contributed by atoms with Crippen molar-refractivity contribution in [2.45, 2.75) is 39.3 Å². The maximum absolute atomic E-state index is 5.64. The van der Waals surface area contributed by atoms with Gasteiger partial charge in [-0.05, 0) is 18.3 Å². The number of rotatable bonds is 3. The van der Waals surface area contributed by atoms with E-state index in [1.54, 1.807) is 0 Å². The van der Waals surface area contributed by atoms with E-state index in [0.717, 1.165) is 13.0 Å². The summed E-state index contributed by atoms with van der Waals surface area (Å²) in [7, 11) is 0. The molecule has 0 aromatic rings. The lowest BCUT2D eigenvalue weighted by Gasteiger charge is -2.28. The van der Waals surface area contributed by atoms with Crippen LogP contribution < -0.4 is 11.3 Å². The second-order valence-corrected chi connectivity index (χ2v) is 4.04. The summed E-state index contributed by atoms with van der Waals surface area (Å²) in [5.41, 5.74) is 2.85. The molecule has 1 heterocycles. The van der Waals surface area contributed by atoms with Crippen LogP contribution in [-0.4, -0.2) is 18.8 Å². The zero-order valence-electron chi connectivity index (χ0n) is 8.21. The van der Waals surface area contributed by atoms with Crippen molar-refractivity contribution in [1.29, 1.82) is 0 Å². The topological polar surface area (TPSA) is 47.3 Å². The van der Waals surface area contributed by atoms with Crippen molar-refractivity contribution in [2.24, 2.45) is 17.7 Å². The number of ether oxygens (including phenoxy) is 1. The van der Waals surface area contributed by atoms with Gasteiger partial charge >= 0.3 is 0 Å². The molecule has 3 nitrogen and oxygen atoms in total. The van der Waals surface area contributed by atoms with Gasteiger partial charge in [0.1, 0.15) is 0 Å². The normalized spacial score (nSPS) is 32.8. The standard InChI is InChI=1S/C9H20N2O/c1-6(2)8(11-10)9-7(3)4-5-12-9/h6-9,11H,4-5,10H2,1-3H3. The number of nitrogens with two attached hydrogens (primary N) is 1. The third-order valence-electron chi connectivity index (χ3n) is 2.71. The van der Waals surface area contributed by atoms with Crippen LogP contribution in [-0.2, 0) is 4.74 Å². The van der Waals surface area contributed by atoms with Crippen molar-refractivity contribution in [3.05, 3.63) is 0 Å². The van der Waals surface area contributed by atoms with Crippen molar-refractivity contribution in [3.63, 3.8) is 0 Å². The van der Waals surface area contributed by atoms with E-state index < -0.39 is 0 Å². The first-order chi connectivity index (χ1) is 5.66. The summed E-state index contributed by atoms with van der Waals surface area (Å²) in [6.07, 6.45) is 1.46. The average molecular weight is 172 g/mol. The summed E-state index contributed by atoms with van der Waals surface area (Å²) in [5.74, 6) is 6.65. The van der Waals surface area contributed by atoms with Crippen LogP contribution >= 0.6 is 0 Å². The molecule has 1 rings (SSSR count). The Kier molecular flexibility index (Phi) is 3.50. The predicted octanol–water partition coefficient (Wildman–Crippen LogP) is 0.899. The molecule has 1 fully saturated rings. The molecule has 0 spiro atoms. The Bertz CT molecular complexity index is 138. The highest BCUT2D eigenvalue weighted by molar-refractivity contribution is 4.85. The molecule has 1 saturated heterocycles. The van der Waals surface area contributed by atoms with Gasteiger partial charge in [-0.3, -0.25) is 11.3 Å². The van der Waals surface area contributed by atoms with Crippen LogP contribution in [0.15, 0.2) is 0 Å². The van der Waals surface area contributed by atoms with Crippen LogP contribution in [0.5, 0.6) is 0 Å². The Morgan fingerprint density at radius 1 is 1.50 bits per heavy atom. The average Bonchev–Trinajstić information content (AvgIpc) is 2.38. The highest BCUT2D eigenvalue weighted by atomic mass is 16.5. The molecule has 0 aromatic heterocycles. The van der Waals surface area contributed by atoms with E-state index in [4.69, 9.17) is 10.6 Å². The molecule has 0 saturated carbocycles. The summed E-state index contributed by atoms with van der Waals surface area (Å²) in [6.45, 7) is 7.44. The monoisotopic (exact) mass is 172 g/mol. The van der Waals surface area contributed by atoms with Gasteiger partial charge in [0.05, 0.1) is 6.10 Å². The SMILES string of the molecule is CC(C)C(NN)C1OCCC1C. The Labute approximate surface area is 74.6 Å². The molecule has 0 aliphatic carbocycles. The summed E-state index contributed by atoms with van der Waals surface area (Å²) in [4.78, 5) is 0. The Morgan fingerprint density at radius 2 is 2.17 bits per heavy atom. The molecule has 0 amide bonds. The smallest absolute Gasteiger partial charge is 0.0770 e. The molecule has 0 bridgehead atoms. The first-order valence-corrected chi connectivity index (χ1v) is 4.74. The molecular weight excluding hydrogens is 152 g/mol. The van der Waals surface area contributed by atoms with Gasteiger partial charge in [-0.15, -0.1) is 0 Å². The van der Waals surface area contributed by atoms with Gasteiger partial charge < -0.3 is 4.74 Å². The fourth-order valence-electron chi connectivity index (χ4n) is 1.84. The summed E-state index contributed by atoms with van der Waals surface area (Å²) in [5, 5.41) is 0. The molecule has 0 radical (unpaired) electrons. The molecule has 3 N–H and O–H groups in total. The van der Waals surface area contributed by atoms with E-state index in [-0.39, 0.29) is 0 Å². The lowest BCUT2D eigenvalue weighted by Crippen LogP contribution is -2.49. The molecule has 0 aromatic carbocycles. The number of nitrogens with one attached hydrogen (secondary N) is 1. The minimum Gasteiger partial charge on any atom is -0.376 e. The summed E-state index contributed by atoms with van der Waals surface area (Å²) >= 11 is 0. The van der Waals surface area contributed by atoms with Crippen molar-refractivity contribution in [2.75, 3.05) is 6.61 Å². The first kappa shape index (κ1) is 9.96. The van der Waals surface area contributed by atoms with Crippen LogP contribution in [0.25, 0.3) is 0 Å². The van der Waals surface area contributed by atoms with Gasteiger partial charge in [0.15, 0.2) is 0 Å². The quantitative estimate of drug-likeness (QED) is 0.491. The zero-order chi connectivity index (χ0) is 9.14. The van der Waals surface area contributed by atoms with Gasteiger partial charge in [-0.1, -0.05) is 20.8 Å². The van der Waals surface area contributed by atoms with E-state index in [2.05, 4.69) is 26.2 Å². The Balaban J connectivity index is 2.52. The second kappa shape index (κ2) is 4.21. The van der Waals surface area contributed by atoms with E-state index in [9.17, 15) is 0 Å². The van der Waals surface area contributed by atoms with Gasteiger partial charge in [-0.2, -0.15) is 0 Å². The fraction of sp³-hybridized carbons (Fsp3) is 1.00. The Morgan fingerprint density at radius 3 is 2.50 bits per heavy atom. The van der Waals surface area contributed by atoms with Crippen LogP contribution in [0.4, 0.5) is 0 Å². The van der Waals surface area contributed by atoms with Gasteiger partial charge in [0, 0.05) is 12.6 Å². The van der Waals surface area contributed by atoms with Crippen LogP contribution in [0.3, 0.4) is 0 Å². The fourth-order valence-corrected chi connectivity index (χ4v) is 1.84. The predicted molar refractivity (Wildman–Crippen MR) is 49.5 cm³/mol. The van der Waals surface area contributed by atoms with Crippen LogP contribution in [0.2, 0.25) is 0 Å². The molecular formula is C9H20N2O. The third kappa shape index (κ3) is 1.97. The molecule has 3 atom stereocenters. The second-order valence-electron chi connectivity index (χ2n) is 4.04. The molecule has 1 aliphatic rings. The van der Waals surface area contributed by atoms with Crippen molar-refractivity contribution < 1.29 is 4.74 Å². The first-order valence-electron chi connectivity index (χ1n) is 4.74. The van der Waals surface area contributed by atoms with Gasteiger partial charge in [0.25, 0.3) is 0 Å². The molecule has 3 heteroatoms. The van der Waals surface area contributed by atoms with E-state index in [0.29, 0.717) is 24.0 Å². The van der Waals surface area contributed by atoms with E-state index in [1.165, 1.54) is 0 Å². The molecule has 12 heavy (non-hydrogen) atoms. The third-order valence-corrected chi connectivity index (χ3v) is 2.71. The molecule has 3 unspecified atom stereocenters. The number of hydrogen-bond acceptors (Lipinski definition) is 3. The van der Waals surface area contributed by atoms with Crippen molar-refractivity contribution in [1.82, 2.24) is 5.43 Å². The number of hydrazine groups is 1. The Hall–Kier alpha value is -0.120. The summed E-state index contributed by atoms with van der Waals surface area (Å²) in [6, 6.07) is 0.294.